The van der Waals surface area contributed by atoms with Crippen molar-refractivity contribution >= 4 is 35.6 Å². The third-order valence-electron chi connectivity index (χ3n) is 4.83. The van der Waals surface area contributed by atoms with Crippen LogP contribution in [-0.4, -0.2) is 29.8 Å². The molecular weight excluding hydrogens is 362 g/mol. The number of nitrogens with two attached hydrogens (primary N) is 1. The monoisotopic (exact) mass is 387 g/mol. The Labute approximate surface area is 166 Å². The maximum absolute atomic E-state index is 12.9. The average Bonchev–Trinajstić information content (AvgIpc) is 3.15. The SMILES string of the molecule is Cc1cccc(NC(=O)CCc2ccccc2N)c1C(=O)N1CCCC1.Cl. The third kappa shape index (κ3) is 5.01. The van der Waals surface area contributed by atoms with Crippen LogP contribution in [-0.2, 0) is 11.2 Å². The smallest absolute Gasteiger partial charge is 0.256 e. The summed E-state index contributed by atoms with van der Waals surface area (Å²) in [6.45, 7) is 3.48. The van der Waals surface area contributed by atoms with Gasteiger partial charge in [-0.3, -0.25) is 9.59 Å². The van der Waals surface area contributed by atoms with Crippen LogP contribution in [0.2, 0.25) is 0 Å². The predicted octanol–water partition coefficient (Wildman–Crippen LogP) is 3.81. The minimum Gasteiger partial charge on any atom is -0.399 e. The van der Waals surface area contributed by atoms with Gasteiger partial charge in [0.2, 0.25) is 5.91 Å². The molecular formula is C21H26ClN3O2. The first-order valence-electron chi connectivity index (χ1n) is 9.08. The van der Waals surface area contributed by atoms with Crippen LogP contribution in [0.3, 0.4) is 0 Å². The van der Waals surface area contributed by atoms with Crippen molar-refractivity contribution < 1.29 is 9.59 Å². The number of aryl methyl sites for hydroxylation is 2. The molecule has 1 heterocycles. The lowest BCUT2D eigenvalue weighted by atomic mass is 10.0. The van der Waals surface area contributed by atoms with E-state index in [1.165, 1.54) is 0 Å². The van der Waals surface area contributed by atoms with Crippen molar-refractivity contribution in [3.8, 4) is 0 Å². The average molecular weight is 388 g/mol. The Hall–Kier alpha value is -2.53. The number of para-hydroxylation sites is 1. The number of likely N-dealkylation sites (tertiary alicyclic amines) is 1. The normalized spacial score (nSPS) is 13.1. The van der Waals surface area contributed by atoms with Gasteiger partial charge in [0.05, 0.1) is 11.3 Å². The number of nitrogen functional groups attached to an aromatic ring is 1. The number of benzene rings is 2. The number of rotatable bonds is 5. The quantitative estimate of drug-likeness (QED) is 0.766. The first-order chi connectivity index (χ1) is 12.6. The largest absolute Gasteiger partial charge is 0.399 e. The van der Waals surface area contributed by atoms with Gasteiger partial charge in [-0.05, 0) is 49.4 Å². The van der Waals surface area contributed by atoms with Gasteiger partial charge in [-0.1, -0.05) is 30.3 Å². The fraction of sp³-hybridized carbons (Fsp3) is 0.333. The van der Waals surface area contributed by atoms with Crippen molar-refractivity contribution in [2.24, 2.45) is 0 Å². The number of hydrogen-bond acceptors (Lipinski definition) is 3. The predicted molar refractivity (Wildman–Crippen MR) is 111 cm³/mol. The maximum Gasteiger partial charge on any atom is 0.256 e. The summed E-state index contributed by atoms with van der Waals surface area (Å²) in [5, 5.41) is 2.92. The molecule has 144 valence electrons. The second-order valence-electron chi connectivity index (χ2n) is 6.74. The van der Waals surface area contributed by atoms with E-state index >= 15 is 0 Å². The van der Waals surface area contributed by atoms with Gasteiger partial charge in [0, 0.05) is 25.2 Å². The molecule has 5 nitrogen and oxygen atoms in total. The molecule has 3 N–H and O–H groups in total. The van der Waals surface area contributed by atoms with Gasteiger partial charge in [0.25, 0.3) is 5.91 Å². The van der Waals surface area contributed by atoms with Gasteiger partial charge in [-0.15, -0.1) is 12.4 Å². The standard InChI is InChI=1S/C21H25N3O2.ClH/c1-15-7-6-10-18(20(15)21(26)24-13-4-5-14-24)23-19(25)12-11-16-8-2-3-9-17(16)22;/h2-3,6-10H,4-5,11-14,22H2,1H3,(H,23,25);1H. The molecule has 0 radical (unpaired) electrons. The van der Waals surface area contributed by atoms with E-state index in [9.17, 15) is 9.59 Å². The molecule has 1 saturated heterocycles. The lowest BCUT2D eigenvalue weighted by Gasteiger charge is -2.19. The molecule has 0 aromatic heterocycles. The van der Waals surface area contributed by atoms with E-state index < -0.39 is 0 Å². The zero-order chi connectivity index (χ0) is 18.5. The Kier molecular flexibility index (Phi) is 7.25. The summed E-state index contributed by atoms with van der Waals surface area (Å²) in [5.74, 6) is -0.113. The van der Waals surface area contributed by atoms with E-state index in [-0.39, 0.29) is 24.2 Å². The summed E-state index contributed by atoms with van der Waals surface area (Å²) >= 11 is 0. The molecule has 0 spiro atoms. The first kappa shape index (κ1) is 20.8. The number of nitrogens with one attached hydrogen (secondary N) is 1. The Bertz CT molecular complexity index is 817. The van der Waals surface area contributed by atoms with E-state index in [2.05, 4.69) is 5.32 Å². The van der Waals surface area contributed by atoms with Crippen LogP contribution >= 0.6 is 12.4 Å². The zero-order valence-corrected chi connectivity index (χ0v) is 16.3. The summed E-state index contributed by atoms with van der Waals surface area (Å²) in [6.07, 6.45) is 2.97. The highest BCUT2D eigenvalue weighted by atomic mass is 35.5. The Balaban J connectivity index is 0.00000261. The molecule has 1 aliphatic heterocycles. The number of halogens is 1. The number of amides is 2. The maximum atomic E-state index is 12.9. The molecule has 27 heavy (non-hydrogen) atoms. The van der Waals surface area contributed by atoms with E-state index in [0.29, 0.717) is 29.8 Å². The van der Waals surface area contributed by atoms with Crippen molar-refractivity contribution in [1.29, 1.82) is 0 Å². The third-order valence-corrected chi connectivity index (χ3v) is 4.83. The number of hydrogen-bond donors (Lipinski definition) is 2. The highest BCUT2D eigenvalue weighted by Gasteiger charge is 2.24. The molecule has 0 atom stereocenters. The van der Waals surface area contributed by atoms with Crippen LogP contribution in [0.4, 0.5) is 11.4 Å². The van der Waals surface area contributed by atoms with Crippen LogP contribution in [0.25, 0.3) is 0 Å². The van der Waals surface area contributed by atoms with E-state index in [1.54, 1.807) is 6.07 Å². The van der Waals surface area contributed by atoms with E-state index in [0.717, 1.165) is 37.1 Å². The van der Waals surface area contributed by atoms with Crippen molar-refractivity contribution in [2.75, 3.05) is 24.1 Å². The van der Waals surface area contributed by atoms with Gasteiger partial charge in [0.15, 0.2) is 0 Å². The summed E-state index contributed by atoms with van der Waals surface area (Å²) in [5.41, 5.74) is 9.66. The number of nitrogens with zero attached hydrogens (tertiary/aromatic N) is 1. The van der Waals surface area contributed by atoms with Crippen molar-refractivity contribution in [3.63, 3.8) is 0 Å². The lowest BCUT2D eigenvalue weighted by molar-refractivity contribution is -0.116. The first-order valence-corrected chi connectivity index (χ1v) is 9.08. The molecule has 2 amide bonds. The van der Waals surface area contributed by atoms with Crippen molar-refractivity contribution in [2.45, 2.75) is 32.6 Å². The van der Waals surface area contributed by atoms with Gasteiger partial charge < -0.3 is 16.0 Å². The molecule has 0 saturated carbocycles. The van der Waals surface area contributed by atoms with Crippen LogP contribution in [0.15, 0.2) is 42.5 Å². The minimum absolute atomic E-state index is 0. The fourth-order valence-corrected chi connectivity index (χ4v) is 3.36. The van der Waals surface area contributed by atoms with Gasteiger partial charge in [-0.25, -0.2) is 0 Å². The highest BCUT2D eigenvalue weighted by Crippen LogP contribution is 2.24. The number of anilines is 2. The lowest BCUT2D eigenvalue weighted by Crippen LogP contribution is -2.29. The van der Waals surface area contributed by atoms with Crippen LogP contribution in [0, 0.1) is 6.92 Å². The molecule has 1 fully saturated rings. The molecule has 6 heteroatoms. The minimum atomic E-state index is -0.116. The van der Waals surface area contributed by atoms with Crippen molar-refractivity contribution in [1.82, 2.24) is 4.90 Å². The van der Waals surface area contributed by atoms with Crippen LogP contribution in [0.1, 0.15) is 40.7 Å². The zero-order valence-electron chi connectivity index (χ0n) is 15.5. The highest BCUT2D eigenvalue weighted by molar-refractivity contribution is 6.05. The van der Waals surface area contributed by atoms with Gasteiger partial charge in [0.1, 0.15) is 0 Å². The van der Waals surface area contributed by atoms with Crippen LogP contribution in [0.5, 0.6) is 0 Å². The second-order valence-corrected chi connectivity index (χ2v) is 6.74. The molecule has 3 rings (SSSR count). The van der Waals surface area contributed by atoms with E-state index in [4.69, 9.17) is 5.73 Å². The van der Waals surface area contributed by atoms with Crippen LogP contribution < -0.4 is 11.1 Å². The van der Waals surface area contributed by atoms with Gasteiger partial charge >= 0.3 is 0 Å². The summed E-state index contributed by atoms with van der Waals surface area (Å²) in [7, 11) is 0. The summed E-state index contributed by atoms with van der Waals surface area (Å²) < 4.78 is 0. The van der Waals surface area contributed by atoms with Crippen molar-refractivity contribution in [3.05, 3.63) is 59.2 Å². The molecule has 0 aliphatic carbocycles. The van der Waals surface area contributed by atoms with Gasteiger partial charge in [-0.2, -0.15) is 0 Å². The van der Waals surface area contributed by atoms with E-state index in [1.807, 2.05) is 48.2 Å². The Morgan fingerprint density at radius 1 is 1.07 bits per heavy atom. The number of carbonyl (C=O) groups is 2. The topological polar surface area (TPSA) is 75.4 Å². The summed E-state index contributed by atoms with van der Waals surface area (Å²) in [4.78, 5) is 27.1. The molecule has 0 unspecified atom stereocenters. The number of carbonyl (C=O) groups excluding carboxylic acids is 2. The Morgan fingerprint density at radius 3 is 2.48 bits per heavy atom. The second kappa shape index (κ2) is 9.42. The fourth-order valence-electron chi connectivity index (χ4n) is 3.36. The summed E-state index contributed by atoms with van der Waals surface area (Å²) in [6, 6.07) is 13.1. The Morgan fingerprint density at radius 2 is 1.78 bits per heavy atom. The molecule has 0 bridgehead atoms. The molecule has 2 aromatic rings. The molecule has 1 aliphatic rings. The molecule has 2 aromatic carbocycles.